The number of benzene rings is 2. The zero-order chi connectivity index (χ0) is 18.6. The van der Waals surface area contributed by atoms with Crippen molar-refractivity contribution in [3.8, 4) is 0 Å². The third-order valence-electron chi connectivity index (χ3n) is 4.27. The fraction of sp³-hybridized carbons (Fsp3) is 0.0952. The molecule has 0 saturated carbocycles. The van der Waals surface area contributed by atoms with Crippen LogP contribution in [-0.4, -0.2) is 25.5 Å². The van der Waals surface area contributed by atoms with Crippen molar-refractivity contribution in [2.45, 2.75) is 6.54 Å². The van der Waals surface area contributed by atoms with Crippen LogP contribution in [0.15, 0.2) is 73.3 Å². The molecule has 0 aliphatic carbocycles. The molecular weight excluding hydrogens is 338 g/mol. The largest absolute Gasteiger partial charge is 0.320 e. The fourth-order valence-electron chi connectivity index (χ4n) is 3.00. The Morgan fingerprint density at radius 3 is 2.78 bits per heavy atom. The van der Waals surface area contributed by atoms with Crippen LogP contribution in [0, 0.1) is 0 Å². The smallest absolute Gasteiger partial charge is 0.248 e. The Labute approximate surface area is 156 Å². The minimum Gasteiger partial charge on any atom is -0.320 e. The lowest BCUT2D eigenvalue weighted by Crippen LogP contribution is -2.07. The SMILES string of the molecule is Cn1cc(/C=C/C(=O)Nc2cnn(Cc3cccc4ccccc34)c2)cn1. The highest BCUT2D eigenvalue weighted by Gasteiger charge is 2.05. The minimum atomic E-state index is -0.205. The van der Waals surface area contributed by atoms with Crippen LogP contribution < -0.4 is 5.32 Å². The maximum Gasteiger partial charge on any atom is 0.248 e. The molecular formula is C21H19N5O. The Morgan fingerprint density at radius 2 is 1.93 bits per heavy atom. The molecule has 0 spiro atoms. The summed E-state index contributed by atoms with van der Waals surface area (Å²) < 4.78 is 3.51. The summed E-state index contributed by atoms with van der Waals surface area (Å²) in [7, 11) is 1.84. The van der Waals surface area contributed by atoms with E-state index in [1.807, 2.05) is 42.3 Å². The van der Waals surface area contributed by atoms with Crippen LogP contribution in [0.1, 0.15) is 11.1 Å². The Hall–Kier alpha value is -3.67. The molecule has 6 heteroatoms. The predicted octanol–water partition coefficient (Wildman–Crippen LogP) is 3.47. The molecule has 6 nitrogen and oxygen atoms in total. The van der Waals surface area contributed by atoms with Gasteiger partial charge in [-0.05, 0) is 22.4 Å². The van der Waals surface area contributed by atoms with Gasteiger partial charge in [0.25, 0.3) is 0 Å². The lowest BCUT2D eigenvalue weighted by molar-refractivity contribution is -0.111. The van der Waals surface area contributed by atoms with Crippen LogP contribution in [0.25, 0.3) is 16.8 Å². The molecule has 0 bridgehead atoms. The number of rotatable bonds is 5. The first-order valence-corrected chi connectivity index (χ1v) is 8.64. The molecule has 27 heavy (non-hydrogen) atoms. The van der Waals surface area contributed by atoms with Crippen LogP contribution in [0.3, 0.4) is 0 Å². The van der Waals surface area contributed by atoms with Gasteiger partial charge < -0.3 is 5.32 Å². The summed E-state index contributed by atoms with van der Waals surface area (Å²) >= 11 is 0. The minimum absolute atomic E-state index is 0.205. The molecule has 0 saturated heterocycles. The Morgan fingerprint density at radius 1 is 1.07 bits per heavy atom. The molecule has 0 radical (unpaired) electrons. The molecule has 2 aromatic heterocycles. The number of nitrogens with zero attached hydrogens (tertiary/aromatic N) is 4. The maximum atomic E-state index is 12.1. The number of hydrogen-bond donors (Lipinski definition) is 1. The van der Waals surface area contributed by atoms with Gasteiger partial charge in [-0.25, -0.2) is 0 Å². The Balaban J connectivity index is 1.44. The molecule has 0 aliphatic heterocycles. The van der Waals surface area contributed by atoms with Crippen LogP contribution in [-0.2, 0) is 18.4 Å². The van der Waals surface area contributed by atoms with Gasteiger partial charge in [0.05, 0.1) is 24.6 Å². The van der Waals surface area contributed by atoms with Gasteiger partial charge in [-0.15, -0.1) is 0 Å². The van der Waals surface area contributed by atoms with Crippen LogP contribution in [0.4, 0.5) is 5.69 Å². The second-order valence-electron chi connectivity index (χ2n) is 6.33. The summed E-state index contributed by atoms with van der Waals surface area (Å²) in [4.78, 5) is 12.1. The number of anilines is 1. The van der Waals surface area contributed by atoms with Crippen molar-refractivity contribution in [1.29, 1.82) is 0 Å². The summed E-state index contributed by atoms with van der Waals surface area (Å²) in [5.74, 6) is -0.205. The molecule has 2 heterocycles. The van der Waals surface area contributed by atoms with Crippen LogP contribution >= 0.6 is 0 Å². The van der Waals surface area contributed by atoms with Gasteiger partial charge in [0.2, 0.25) is 5.91 Å². The molecule has 0 aliphatic rings. The number of nitrogens with one attached hydrogen (secondary N) is 1. The molecule has 0 atom stereocenters. The number of aromatic nitrogens is 4. The average Bonchev–Trinajstić information content (AvgIpc) is 3.29. The highest BCUT2D eigenvalue weighted by molar-refractivity contribution is 6.01. The molecule has 134 valence electrons. The summed E-state index contributed by atoms with van der Waals surface area (Å²) in [5, 5.41) is 13.7. The lowest BCUT2D eigenvalue weighted by Gasteiger charge is -2.06. The molecule has 4 aromatic rings. The van der Waals surface area contributed by atoms with E-state index in [0.717, 1.165) is 5.56 Å². The van der Waals surface area contributed by atoms with Gasteiger partial charge >= 0.3 is 0 Å². The van der Waals surface area contributed by atoms with E-state index in [1.165, 1.54) is 22.4 Å². The van der Waals surface area contributed by atoms with E-state index in [2.05, 4.69) is 39.8 Å². The van der Waals surface area contributed by atoms with E-state index in [-0.39, 0.29) is 5.91 Å². The first kappa shape index (κ1) is 16.8. The monoisotopic (exact) mass is 357 g/mol. The second kappa shape index (κ2) is 7.29. The number of carbonyl (C=O) groups excluding carboxylic acids is 1. The van der Waals surface area contributed by atoms with Gasteiger partial charge in [-0.2, -0.15) is 10.2 Å². The van der Waals surface area contributed by atoms with Gasteiger partial charge in [0.1, 0.15) is 0 Å². The van der Waals surface area contributed by atoms with Crippen molar-refractivity contribution < 1.29 is 4.79 Å². The number of hydrogen-bond acceptors (Lipinski definition) is 3. The summed E-state index contributed by atoms with van der Waals surface area (Å²) in [5.41, 5.74) is 2.72. The van der Waals surface area contributed by atoms with Gasteiger partial charge in [0, 0.05) is 31.1 Å². The molecule has 0 unspecified atom stereocenters. The molecule has 1 amide bonds. The van der Waals surface area contributed by atoms with E-state index in [4.69, 9.17) is 0 Å². The van der Waals surface area contributed by atoms with E-state index < -0.39 is 0 Å². The third kappa shape index (κ3) is 3.95. The summed E-state index contributed by atoms with van der Waals surface area (Å²) in [6, 6.07) is 14.5. The van der Waals surface area contributed by atoms with Crippen molar-refractivity contribution in [1.82, 2.24) is 19.6 Å². The van der Waals surface area contributed by atoms with Crippen molar-refractivity contribution >= 4 is 28.4 Å². The second-order valence-corrected chi connectivity index (χ2v) is 6.33. The quantitative estimate of drug-likeness (QED) is 0.556. The van der Waals surface area contributed by atoms with Crippen molar-refractivity contribution in [3.05, 3.63) is 84.5 Å². The first-order chi connectivity index (χ1) is 13.2. The first-order valence-electron chi connectivity index (χ1n) is 8.64. The number of aryl methyl sites for hydroxylation is 1. The fourth-order valence-corrected chi connectivity index (χ4v) is 3.00. The normalized spacial score (nSPS) is 11.3. The molecule has 0 fully saturated rings. The third-order valence-corrected chi connectivity index (χ3v) is 4.27. The molecule has 1 N–H and O–H groups in total. The van der Waals surface area contributed by atoms with Crippen LogP contribution in [0.2, 0.25) is 0 Å². The van der Waals surface area contributed by atoms with Crippen LogP contribution in [0.5, 0.6) is 0 Å². The standard InChI is InChI=1S/C21H19N5O/c1-25-13-16(11-22-25)9-10-21(27)24-19-12-23-26(15-19)14-18-7-4-6-17-5-2-3-8-20(17)18/h2-13,15H,14H2,1H3,(H,24,27)/b10-9+. The van der Waals surface area contributed by atoms with E-state index in [9.17, 15) is 4.79 Å². The topological polar surface area (TPSA) is 64.7 Å². The predicted molar refractivity (Wildman–Crippen MR) is 106 cm³/mol. The lowest BCUT2D eigenvalue weighted by atomic mass is 10.0. The van der Waals surface area contributed by atoms with E-state index >= 15 is 0 Å². The zero-order valence-electron chi connectivity index (χ0n) is 14.9. The zero-order valence-corrected chi connectivity index (χ0v) is 14.9. The Kier molecular flexibility index (Phi) is 4.53. The average molecular weight is 357 g/mol. The summed E-state index contributed by atoms with van der Waals surface area (Å²) in [6.45, 7) is 0.642. The Bertz CT molecular complexity index is 1120. The van der Waals surface area contributed by atoms with Crippen molar-refractivity contribution in [2.24, 2.45) is 7.05 Å². The number of fused-ring (bicyclic) bond motifs is 1. The number of carbonyl (C=O) groups is 1. The number of amides is 1. The molecule has 4 rings (SSSR count). The molecule has 2 aromatic carbocycles. The van der Waals surface area contributed by atoms with Gasteiger partial charge in [0.15, 0.2) is 0 Å². The van der Waals surface area contributed by atoms with E-state index in [1.54, 1.807) is 23.2 Å². The maximum absolute atomic E-state index is 12.1. The summed E-state index contributed by atoms with van der Waals surface area (Å²) in [6.07, 6.45) is 10.2. The van der Waals surface area contributed by atoms with Crippen molar-refractivity contribution in [3.63, 3.8) is 0 Å². The van der Waals surface area contributed by atoms with Gasteiger partial charge in [-0.3, -0.25) is 14.2 Å². The highest BCUT2D eigenvalue weighted by atomic mass is 16.1. The van der Waals surface area contributed by atoms with E-state index in [0.29, 0.717) is 12.2 Å². The highest BCUT2D eigenvalue weighted by Crippen LogP contribution is 2.19. The van der Waals surface area contributed by atoms with Crippen molar-refractivity contribution in [2.75, 3.05) is 5.32 Å². The van der Waals surface area contributed by atoms with Gasteiger partial charge in [-0.1, -0.05) is 42.5 Å².